The summed E-state index contributed by atoms with van der Waals surface area (Å²) in [5.41, 5.74) is 1.48. The molecule has 1 fully saturated rings. The van der Waals surface area contributed by atoms with E-state index in [0.29, 0.717) is 18.1 Å². The third-order valence-corrected chi connectivity index (χ3v) is 6.59. The SMILES string of the molecule is COC(=O)c1cnc(Nc2ccc(C(=O)N(c3nccc4cccc(C)c34)[C@@H]3CCCNC3)c(F)c2)nc1. The fourth-order valence-electron chi connectivity index (χ4n) is 4.70. The molecule has 4 aromatic rings. The number of amides is 1. The number of fused-ring (bicyclic) bond motifs is 1. The van der Waals surface area contributed by atoms with E-state index in [-0.39, 0.29) is 23.1 Å². The van der Waals surface area contributed by atoms with Gasteiger partial charge >= 0.3 is 5.97 Å². The van der Waals surface area contributed by atoms with Gasteiger partial charge in [-0.3, -0.25) is 9.69 Å². The van der Waals surface area contributed by atoms with Crippen molar-refractivity contribution in [1.29, 1.82) is 0 Å². The Kier molecular flexibility index (Phi) is 7.23. The van der Waals surface area contributed by atoms with Gasteiger partial charge in [-0.25, -0.2) is 24.1 Å². The molecule has 1 aliphatic heterocycles. The van der Waals surface area contributed by atoms with E-state index in [1.54, 1.807) is 17.2 Å². The number of pyridine rings is 1. The molecule has 0 spiro atoms. The number of rotatable bonds is 6. The molecule has 2 N–H and O–H groups in total. The van der Waals surface area contributed by atoms with Gasteiger partial charge in [0.1, 0.15) is 11.6 Å². The van der Waals surface area contributed by atoms with Crippen molar-refractivity contribution in [2.24, 2.45) is 0 Å². The van der Waals surface area contributed by atoms with Crippen molar-refractivity contribution >= 4 is 40.1 Å². The zero-order chi connectivity index (χ0) is 26.6. The van der Waals surface area contributed by atoms with E-state index in [1.165, 1.54) is 31.6 Å². The summed E-state index contributed by atoms with van der Waals surface area (Å²) in [4.78, 5) is 39.9. The van der Waals surface area contributed by atoms with Gasteiger partial charge in [-0.2, -0.15) is 0 Å². The highest BCUT2D eigenvalue weighted by Crippen LogP contribution is 2.32. The summed E-state index contributed by atoms with van der Waals surface area (Å²) in [6.07, 6.45) is 5.99. The number of aryl methyl sites for hydroxylation is 1. The second-order valence-electron chi connectivity index (χ2n) is 9.09. The Labute approximate surface area is 219 Å². The molecule has 0 bridgehead atoms. The molecule has 194 valence electrons. The van der Waals surface area contributed by atoms with Gasteiger partial charge in [-0.1, -0.05) is 18.2 Å². The minimum atomic E-state index is -0.683. The quantitative estimate of drug-likeness (QED) is 0.365. The van der Waals surface area contributed by atoms with Gasteiger partial charge in [0.25, 0.3) is 5.91 Å². The Morgan fingerprint density at radius 2 is 1.95 bits per heavy atom. The topological polar surface area (TPSA) is 109 Å². The third kappa shape index (κ3) is 5.03. The summed E-state index contributed by atoms with van der Waals surface area (Å²) in [6.45, 7) is 3.45. The first kappa shape index (κ1) is 25.2. The first-order chi connectivity index (χ1) is 18.5. The van der Waals surface area contributed by atoms with Gasteiger partial charge in [0, 0.05) is 36.2 Å². The number of anilines is 3. The van der Waals surface area contributed by atoms with E-state index in [2.05, 4.69) is 30.3 Å². The first-order valence-electron chi connectivity index (χ1n) is 12.3. The molecule has 0 saturated carbocycles. The zero-order valence-electron chi connectivity index (χ0n) is 21.1. The van der Waals surface area contributed by atoms with Crippen LogP contribution in [0.2, 0.25) is 0 Å². The van der Waals surface area contributed by atoms with Gasteiger partial charge < -0.3 is 15.4 Å². The second kappa shape index (κ2) is 10.9. The number of piperidine rings is 1. The van der Waals surface area contributed by atoms with E-state index in [4.69, 9.17) is 0 Å². The highest BCUT2D eigenvalue weighted by molar-refractivity contribution is 6.11. The lowest BCUT2D eigenvalue weighted by atomic mass is 10.0. The number of carbonyl (C=O) groups excluding carboxylic acids is 2. The Balaban J connectivity index is 1.47. The van der Waals surface area contributed by atoms with E-state index >= 15 is 4.39 Å². The number of halogens is 1. The fourth-order valence-corrected chi connectivity index (χ4v) is 4.70. The number of aromatic nitrogens is 3. The van der Waals surface area contributed by atoms with Crippen molar-refractivity contribution < 1.29 is 18.7 Å². The number of esters is 1. The zero-order valence-corrected chi connectivity index (χ0v) is 21.1. The molecule has 5 rings (SSSR count). The van der Waals surface area contributed by atoms with Gasteiger partial charge in [-0.05, 0) is 61.5 Å². The van der Waals surface area contributed by atoms with Crippen LogP contribution in [0, 0.1) is 12.7 Å². The van der Waals surface area contributed by atoms with Crippen molar-refractivity contribution in [1.82, 2.24) is 20.3 Å². The predicted octanol–water partition coefficient (Wildman–Crippen LogP) is 4.40. The van der Waals surface area contributed by atoms with Crippen LogP contribution in [0.25, 0.3) is 10.8 Å². The summed E-state index contributed by atoms with van der Waals surface area (Å²) in [6, 6.07) is 11.9. The highest BCUT2D eigenvalue weighted by Gasteiger charge is 2.31. The number of hydrogen-bond acceptors (Lipinski definition) is 8. The van der Waals surface area contributed by atoms with Gasteiger partial charge in [-0.15, -0.1) is 0 Å². The average Bonchev–Trinajstić information content (AvgIpc) is 2.94. The molecule has 1 amide bonds. The van der Waals surface area contributed by atoms with Crippen LogP contribution >= 0.6 is 0 Å². The van der Waals surface area contributed by atoms with E-state index in [9.17, 15) is 9.59 Å². The molecule has 0 aliphatic carbocycles. The van der Waals surface area contributed by atoms with E-state index in [0.717, 1.165) is 35.7 Å². The smallest absolute Gasteiger partial charge is 0.341 e. The first-order valence-corrected chi connectivity index (χ1v) is 12.3. The second-order valence-corrected chi connectivity index (χ2v) is 9.09. The van der Waals surface area contributed by atoms with Crippen molar-refractivity contribution in [3.8, 4) is 0 Å². The molecule has 3 heterocycles. The van der Waals surface area contributed by atoms with Crippen LogP contribution in [0.1, 0.15) is 39.1 Å². The number of methoxy groups -OCH3 is 1. The van der Waals surface area contributed by atoms with Crippen LogP contribution in [0.3, 0.4) is 0 Å². The molecule has 38 heavy (non-hydrogen) atoms. The fraction of sp³-hybridized carbons (Fsp3) is 0.250. The molecular formula is C28H27FN6O3. The average molecular weight is 515 g/mol. The number of hydrogen-bond donors (Lipinski definition) is 2. The van der Waals surface area contributed by atoms with Gasteiger partial charge in [0.2, 0.25) is 5.95 Å². The Hall–Kier alpha value is -4.44. The predicted molar refractivity (Wildman–Crippen MR) is 142 cm³/mol. The van der Waals surface area contributed by atoms with E-state index < -0.39 is 17.7 Å². The number of benzene rings is 2. The maximum atomic E-state index is 15.4. The highest BCUT2D eigenvalue weighted by atomic mass is 19.1. The van der Waals surface area contributed by atoms with Crippen molar-refractivity contribution in [3.05, 3.63) is 83.6 Å². The molecule has 1 atom stereocenters. The summed E-state index contributed by atoms with van der Waals surface area (Å²) in [5.74, 6) is -0.998. The Morgan fingerprint density at radius 3 is 2.66 bits per heavy atom. The molecule has 0 unspecified atom stereocenters. The molecular weight excluding hydrogens is 487 g/mol. The lowest BCUT2D eigenvalue weighted by Gasteiger charge is -2.35. The lowest BCUT2D eigenvalue weighted by Crippen LogP contribution is -2.49. The summed E-state index contributed by atoms with van der Waals surface area (Å²) < 4.78 is 20.1. The molecule has 0 radical (unpaired) electrons. The molecule has 10 heteroatoms. The maximum Gasteiger partial charge on any atom is 0.341 e. The molecule has 2 aromatic carbocycles. The largest absolute Gasteiger partial charge is 0.465 e. The van der Waals surface area contributed by atoms with Crippen LogP contribution in [0.4, 0.5) is 21.8 Å². The van der Waals surface area contributed by atoms with Crippen LogP contribution in [-0.2, 0) is 4.74 Å². The molecule has 9 nitrogen and oxygen atoms in total. The molecule has 1 saturated heterocycles. The summed E-state index contributed by atoms with van der Waals surface area (Å²) in [7, 11) is 1.27. The molecule has 1 aliphatic rings. The van der Waals surface area contributed by atoms with Crippen molar-refractivity contribution in [2.45, 2.75) is 25.8 Å². The van der Waals surface area contributed by atoms with Crippen LogP contribution in [0.15, 0.2) is 61.1 Å². The minimum Gasteiger partial charge on any atom is -0.465 e. The van der Waals surface area contributed by atoms with Crippen molar-refractivity contribution in [3.63, 3.8) is 0 Å². The normalized spacial score (nSPS) is 15.2. The van der Waals surface area contributed by atoms with Crippen LogP contribution in [0.5, 0.6) is 0 Å². The molecule has 2 aromatic heterocycles. The number of carbonyl (C=O) groups is 2. The van der Waals surface area contributed by atoms with Gasteiger partial charge in [0.15, 0.2) is 0 Å². The summed E-state index contributed by atoms with van der Waals surface area (Å²) >= 11 is 0. The number of nitrogens with one attached hydrogen (secondary N) is 2. The van der Waals surface area contributed by atoms with Gasteiger partial charge in [0.05, 0.1) is 24.3 Å². The monoisotopic (exact) mass is 514 g/mol. The Morgan fingerprint density at radius 1 is 1.13 bits per heavy atom. The van der Waals surface area contributed by atoms with Crippen molar-refractivity contribution in [2.75, 3.05) is 30.4 Å². The summed E-state index contributed by atoms with van der Waals surface area (Å²) in [5, 5.41) is 8.08. The standard InChI is InChI=1S/C28H27FN6O3/c1-17-5-3-6-18-10-12-31-25(24(17)18)35(21-7-4-11-30-16-21)26(36)22-9-8-20(13-23(22)29)34-28-32-14-19(15-33-28)27(37)38-2/h3,5-6,8-10,12-15,21,30H,4,7,11,16H2,1-2H3,(H,32,33,34)/t21-/m1/s1. The third-order valence-electron chi connectivity index (χ3n) is 6.59. The Bertz CT molecular complexity index is 1480. The lowest BCUT2D eigenvalue weighted by molar-refractivity contribution is 0.0599. The number of nitrogens with zero attached hydrogens (tertiary/aromatic N) is 4. The minimum absolute atomic E-state index is 0.0598. The number of ether oxygens (including phenoxy) is 1. The van der Waals surface area contributed by atoms with Crippen LogP contribution < -0.4 is 15.5 Å². The maximum absolute atomic E-state index is 15.4. The van der Waals surface area contributed by atoms with Crippen LogP contribution in [-0.4, -0.2) is 53.1 Å². The van der Waals surface area contributed by atoms with E-state index in [1.807, 2.05) is 31.2 Å².